The summed E-state index contributed by atoms with van der Waals surface area (Å²) in [5.74, 6) is 0. The van der Waals surface area contributed by atoms with Gasteiger partial charge in [0.1, 0.15) is 11.2 Å². The summed E-state index contributed by atoms with van der Waals surface area (Å²) in [6.45, 7) is 13.4. The molecule has 238 valence electrons. The van der Waals surface area contributed by atoms with E-state index in [2.05, 4.69) is 162 Å². The summed E-state index contributed by atoms with van der Waals surface area (Å²) in [6.07, 6.45) is 0. The van der Waals surface area contributed by atoms with Crippen molar-refractivity contribution < 1.29 is 4.42 Å². The average Bonchev–Trinajstić information content (AvgIpc) is 3.51. The maximum atomic E-state index is 6.71. The van der Waals surface area contributed by atoms with Crippen LogP contribution in [0, 0.1) is 0 Å². The van der Waals surface area contributed by atoms with E-state index in [1.165, 1.54) is 76.1 Å². The minimum absolute atomic E-state index is 0.0220. The molecule has 0 atom stereocenters. The summed E-state index contributed by atoms with van der Waals surface area (Å²) in [4.78, 5) is 0. The van der Waals surface area contributed by atoms with Crippen LogP contribution in [0.25, 0.3) is 104 Å². The Morgan fingerprint density at radius 1 is 0.500 bits per heavy atom. The van der Waals surface area contributed by atoms with E-state index >= 15 is 0 Å². The topological polar surface area (TPSA) is 13.1 Å². The Bertz CT molecular complexity index is 3020. The third-order valence-electron chi connectivity index (χ3n) is 10.9. The predicted molar refractivity (Wildman–Crippen MR) is 217 cm³/mol. The number of para-hydroxylation sites is 2. The monoisotopic (exact) mass is 640 g/mol. The zero-order chi connectivity index (χ0) is 33.9. The molecule has 0 fully saturated rings. The minimum Gasteiger partial charge on any atom is -0.455 e. The van der Waals surface area contributed by atoms with Gasteiger partial charge in [0.2, 0.25) is 0 Å². The first kappa shape index (κ1) is 29.0. The summed E-state index contributed by atoms with van der Waals surface area (Å²) < 4.78 is 6.71. The summed E-state index contributed by atoms with van der Waals surface area (Å²) in [7, 11) is 0. The molecule has 0 saturated heterocycles. The van der Waals surface area contributed by atoms with E-state index in [0.717, 1.165) is 38.6 Å². The lowest BCUT2D eigenvalue weighted by Gasteiger charge is -2.24. The molecule has 0 bridgehead atoms. The summed E-state index contributed by atoms with van der Waals surface area (Å²) in [6, 6.07) is 49.5. The molecule has 0 aliphatic heterocycles. The Hall–Kier alpha value is -5.92. The van der Waals surface area contributed by atoms with Gasteiger partial charge in [-0.1, -0.05) is 148 Å². The van der Waals surface area contributed by atoms with Gasteiger partial charge in [0.15, 0.2) is 0 Å². The highest BCUT2D eigenvalue weighted by Gasteiger charge is 2.24. The molecule has 0 amide bonds. The van der Waals surface area contributed by atoms with Crippen molar-refractivity contribution in [2.75, 3.05) is 0 Å². The number of allylic oxidation sites excluding steroid dienone is 1. The van der Waals surface area contributed by atoms with Crippen LogP contribution in [-0.4, -0.2) is 0 Å². The first-order valence-electron chi connectivity index (χ1n) is 17.5. The van der Waals surface area contributed by atoms with Crippen LogP contribution in [0.4, 0.5) is 0 Å². The SMILES string of the molecule is C=C(C)c1ccc2c(-c3ccc4ccc5cccc6ccc3c4c56)c3cc(C(C)(C)C)ccc3c(-c3cccc4c3oc3ccccc34)c2c1. The number of furan rings is 1. The maximum absolute atomic E-state index is 6.71. The molecule has 0 spiro atoms. The van der Waals surface area contributed by atoms with Crippen LogP contribution in [-0.2, 0) is 5.41 Å². The minimum atomic E-state index is -0.0220. The van der Waals surface area contributed by atoms with E-state index in [4.69, 9.17) is 4.42 Å². The fraction of sp³-hybridized carbons (Fsp3) is 0.102. The van der Waals surface area contributed by atoms with Gasteiger partial charge in [-0.05, 0) is 107 Å². The van der Waals surface area contributed by atoms with Crippen molar-refractivity contribution in [3.8, 4) is 22.3 Å². The van der Waals surface area contributed by atoms with Crippen LogP contribution in [0.5, 0.6) is 0 Å². The van der Waals surface area contributed by atoms with Crippen molar-refractivity contribution in [3.05, 3.63) is 151 Å². The molecule has 9 aromatic carbocycles. The second-order valence-electron chi connectivity index (χ2n) is 15.1. The standard InChI is InChI=1S/C49H36O/c1-28(2)32-20-24-37-41(26-32)47(40-14-9-13-39-34-12-6-7-15-43(34)50-48(39)40)38-25-21-33(49(3,4)5)27-42(38)46(37)36-23-19-31-17-16-29-10-8-11-30-18-22-35(36)45(31)44(29)30/h6-27H,1H2,2-5H3. The van der Waals surface area contributed by atoms with Gasteiger partial charge in [-0.15, -0.1) is 0 Å². The lowest BCUT2D eigenvalue weighted by atomic mass is 9.79. The number of fused-ring (bicyclic) bond motifs is 5. The zero-order valence-electron chi connectivity index (χ0n) is 28.8. The fourth-order valence-electron chi connectivity index (χ4n) is 8.44. The Balaban J connectivity index is 1.42. The van der Waals surface area contributed by atoms with Gasteiger partial charge in [-0.25, -0.2) is 0 Å². The Morgan fingerprint density at radius 3 is 1.90 bits per heavy atom. The predicted octanol–water partition coefficient (Wildman–Crippen LogP) is 14.5. The van der Waals surface area contributed by atoms with Crippen LogP contribution in [0.1, 0.15) is 38.8 Å². The molecular formula is C49H36O. The third kappa shape index (κ3) is 4.07. The number of hydrogen-bond acceptors (Lipinski definition) is 1. The molecule has 0 saturated carbocycles. The van der Waals surface area contributed by atoms with Gasteiger partial charge in [-0.2, -0.15) is 0 Å². The van der Waals surface area contributed by atoms with E-state index in [0.29, 0.717) is 0 Å². The Labute approximate surface area is 291 Å². The smallest absolute Gasteiger partial charge is 0.143 e. The van der Waals surface area contributed by atoms with Crippen LogP contribution >= 0.6 is 0 Å². The molecule has 0 radical (unpaired) electrons. The molecule has 1 aromatic heterocycles. The first-order chi connectivity index (χ1) is 24.3. The van der Waals surface area contributed by atoms with Crippen molar-refractivity contribution in [2.24, 2.45) is 0 Å². The van der Waals surface area contributed by atoms with Crippen molar-refractivity contribution in [2.45, 2.75) is 33.1 Å². The van der Waals surface area contributed by atoms with Gasteiger partial charge in [-0.3, -0.25) is 0 Å². The van der Waals surface area contributed by atoms with Gasteiger partial charge < -0.3 is 4.42 Å². The molecule has 0 aliphatic carbocycles. The van der Waals surface area contributed by atoms with E-state index in [-0.39, 0.29) is 5.41 Å². The molecule has 1 heteroatoms. The maximum Gasteiger partial charge on any atom is 0.143 e. The van der Waals surface area contributed by atoms with Crippen molar-refractivity contribution in [1.29, 1.82) is 0 Å². The molecule has 50 heavy (non-hydrogen) atoms. The lowest BCUT2D eigenvalue weighted by molar-refractivity contribution is 0.591. The molecule has 0 unspecified atom stereocenters. The third-order valence-corrected chi connectivity index (χ3v) is 10.9. The van der Waals surface area contributed by atoms with Crippen LogP contribution < -0.4 is 0 Å². The summed E-state index contributed by atoms with van der Waals surface area (Å²) >= 11 is 0. The summed E-state index contributed by atoms with van der Waals surface area (Å²) in [5.41, 5.74) is 10.2. The molecule has 10 aromatic rings. The highest BCUT2D eigenvalue weighted by atomic mass is 16.3. The van der Waals surface area contributed by atoms with E-state index in [1.807, 2.05) is 6.07 Å². The molecule has 1 heterocycles. The second kappa shape index (κ2) is 10.3. The molecular weight excluding hydrogens is 605 g/mol. The number of hydrogen-bond donors (Lipinski definition) is 0. The Morgan fingerprint density at radius 2 is 1.12 bits per heavy atom. The van der Waals surface area contributed by atoms with E-state index < -0.39 is 0 Å². The quantitative estimate of drug-likeness (QED) is 0.138. The number of rotatable bonds is 3. The highest BCUT2D eigenvalue weighted by molar-refractivity contribution is 6.30. The van der Waals surface area contributed by atoms with Gasteiger partial charge in [0.25, 0.3) is 0 Å². The largest absolute Gasteiger partial charge is 0.455 e. The van der Waals surface area contributed by atoms with Gasteiger partial charge in [0, 0.05) is 21.9 Å². The molecule has 0 N–H and O–H groups in total. The van der Waals surface area contributed by atoms with Crippen molar-refractivity contribution >= 4 is 81.4 Å². The van der Waals surface area contributed by atoms with E-state index in [9.17, 15) is 0 Å². The Kier molecular flexibility index (Phi) is 5.98. The van der Waals surface area contributed by atoms with Gasteiger partial charge in [0.05, 0.1) is 0 Å². The van der Waals surface area contributed by atoms with Crippen molar-refractivity contribution in [1.82, 2.24) is 0 Å². The van der Waals surface area contributed by atoms with Gasteiger partial charge >= 0.3 is 0 Å². The summed E-state index contributed by atoms with van der Waals surface area (Å²) in [5, 5.41) is 15.0. The van der Waals surface area contributed by atoms with Crippen LogP contribution in [0.3, 0.4) is 0 Å². The highest BCUT2D eigenvalue weighted by Crippen LogP contribution is 2.50. The van der Waals surface area contributed by atoms with Crippen LogP contribution in [0.15, 0.2) is 144 Å². The van der Waals surface area contributed by atoms with Crippen LogP contribution in [0.2, 0.25) is 0 Å². The molecule has 10 rings (SSSR count). The molecule has 0 aliphatic rings. The first-order valence-corrected chi connectivity index (χ1v) is 17.5. The number of benzene rings is 9. The average molecular weight is 641 g/mol. The van der Waals surface area contributed by atoms with E-state index in [1.54, 1.807) is 0 Å². The normalized spacial score (nSPS) is 12.5. The lowest BCUT2D eigenvalue weighted by Crippen LogP contribution is -2.10. The second-order valence-corrected chi connectivity index (χ2v) is 15.1. The van der Waals surface area contributed by atoms with Crippen molar-refractivity contribution in [3.63, 3.8) is 0 Å². The fourth-order valence-corrected chi connectivity index (χ4v) is 8.44. The molecule has 1 nitrogen and oxygen atoms in total. The zero-order valence-corrected chi connectivity index (χ0v) is 28.8.